The van der Waals surface area contributed by atoms with E-state index in [4.69, 9.17) is 4.74 Å². The first-order valence-electron chi connectivity index (χ1n) is 5.61. The fourth-order valence-corrected chi connectivity index (χ4v) is 2.09. The van der Waals surface area contributed by atoms with Crippen LogP contribution in [0.3, 0.4) is 0 Å². The Morgan fingerprint density at radius 3 is 2.73 bits per heavy atom. The largest absolute Gasteiger partial charge is 0.369 e. The van der Waals surface area contributed by atoms with Gasteiger partial charge in [-0.3, -0.25) is 4.79 Å². The Balaban J connectivity index is 2.72. The zero-order valence-corrected chi connectivity index (χ0v) is 10.1. The second-order valence-electron chi connectivity index (χ2n) is 4.53. The average molecular weight is 214 g/mol. The van der Waals surface area contributed by atoms with Gasteiger partial charge in [0, 0.05) is 12.6 Å². The molecule has 0 saturated carbocycles. The van der Waals surface area contributed by atoms with Gasteiger partial charge in [0.1, 0.15) is 6.61 Å². The zero-order chi connectivity index (χ0) is 11.4. The van der Waals surface area contributed by atoms with Gasteiger partial charge in [-0.05, 0) is 19.9 Å². The number of morpholine rings is 1. The molecule has 1 fully saturated rings. The highest BCUT2D eigenvalue weighted by Gasteiger charge is 2.33. The maximum absolute atomic E-state index is 11.8. The summed E-state index contributed by atoms with van der Waals surface area (Å²) in [6, 6.07) is 0.452. The Hall–Kier alpha value is -0.610. The van der Waals surface area contributed by atoms with Crippen LogP contribution in [0.5, 0.6) is 0 Å². The number of ether oxygens (including phenoxy) is 1. The molecule has 0 bridgehead atoms. The van der Waals surface area contributed by atoms with Gasteiger partial charge in [0.25, 0.3) is 0 Å². The molecule has 2 unspecified atom stereocenters. The van der Waals surface area contributed by atoms with Crippen LogP contribution in [0.15, 0.2) is 0 Å². The molecule has 1 amide bonds. The number of rotatable bonds is 4. The lowest BCUT2D eigenvalue weighted by atomic mass is 10.00. The minimum Gasteiger partial charge on any atom is -0.369 e. The number of hydrogen-bond acceptors (Lipinski definition) is 3. The van der Waals surface area contributed by atoms with Crippen molar-refractivity contribution in [2.24, 2.45) is 5.92 Å². The summed E-state index contributed by atoms with van der Waals surface area (Å²) in [5.74, 6) is 0.552. The van der Waals surface area contributed by atoms with Gasteiger partial charge >= 0.3 is 0 Å². The molecule has 0 spiro atoms. The smallest absolute Gasteiger partial charge is 0.249 e. The van der Waals surface area contributed by atoms with Crippen LogP contribution >= 0.6 is 0 Å². The van der Waals surface area contributed by atoms with E-state index in [9.17, 15) is 4.79 Å². The van der Waals surface area contributed by atoms with Crippen molar-refractivity contribution in [3.8, 4) is 0 Å². The van der Waals surface area contributed by atoms with E-state index in [1.165, 1.54) is 0 Å². The summed E-state index contributed by atoms with van der Waals surface area (Å²) in [4.78, 5) is 13.8. The van der Waals surface area contributed by atoms with Crippen molar-refractivity contribution in [1.82, 2.24) is 10.2 Å². The lowest BCUT2D eigenvalue weighted by molar-refractivity contribution is -0.153. The topological polar surface area (TPSA) is 41.6 Å². The van der Waals surface area contributed by atoms with Gasteiger partial charge in [0.15, 0.2) is 0 Å². The van der Waals surface area contributed by atoms with Crippen molar-refractivity contribution in [3.63, 3.8) is 0 Å². The molecule has 1 saturated heterocycles. The number of likely N-dealkylation sites (N-methyl/N-ethyl adjacent to an activating group) is 1. The first-order valence-corrected chi connectivity index (χ1v) is 5.61. The van der Waals surface area contributed by atoms with Crippen molar-refractivity contribution in [2.45, 2.75) is 32.9 Å². The van der Waals surface area contributed by atoms with Crippen molar-refractivity contribution in [2.75, 3.05) is 26.8 Å². The highest BCUT2D eigenvalue weighted by molar-refractivity contribution is 5.78. The minimum absolute atomic E-state index is 0.114. The molecule has 88 valence electrons. The molecular formula is C11H22N2O2. The normalized spacial score (nSPS) is 24.7. The Morgan fingerprint density at radius 2 is 2.20 bits per heavy atom. The number of nitrogens with one attached hydrogen (secondary N) is 1. The van der Waals surface area contributed by atoms with Crippen molar-refractivity contribution < 1.29 is 9.53 Å². The van der Waals surface area contributed by atoms with Gasteiger partial charge in [0.05, 0.1) is 12.6 Å². The van der Waals surface area contributed by atoms with Gasteiger partial charge in [-0.15, -0.1) is 0 Å². The quantitative estimate of drug-likeness (QED) is 0.740. The Kier molecular flexibility index (Phi) is 4.54. The van der Waals surface area contributed by atoms with E-state index in [2.05, 4.69) is 26.1 Å². The van der Waals surface area contributed by atoms with Crippen molar-refractivity contribution in [3.05, 3.63) is 0 Å². The van der Waals surface area contributed by atoms with Crippen LogP contribution in [-0.4, -0.2) is 49.7 Å². The van der Waals surface area contributed by atoms with Crippen LogP contribution in [0.2, 0.25) is 0 Å². The summed E-state index contributed by atoms with van der Waals surface area (Å²) in [6.07, 6.45) is 0. The van der Waals surface area contributed by atoms with Gasteiger partial charge in [0.2, 0.25) is 5.91 Å². The first-order chi connectivity index (χ1) is 7.07. The molecular weight excluding hydrogens is 192 g/mol. The predicted molar refractivity (Wildman–Crippen MR) is 59.7 cm³/mol. The number of hydrogen-bond donors (Lipinski definition) is 1. The number of nitrogens with zero attached hydrogens (tertiary/aromatic N) is 1. The predicted octanol–water partition coefficient (Wildman–Crippen LogP) is 0.478. The summed E-state index contributed by atoms with van der Waals surface area (Å²) >= 11 is 0. The van der Waals surface area contributed by atoms with E-state index >= 15 is 0 Å². The van der Waals surface area contributed by atoms with Crippen LogP contribution in [0.25, 0.3) is 0 Å². The van der Waals surface area contributed by atoms with Crippen molar-refractivity contribution in [1.29, 1.82) is 0 Å². The third kappa shape index (κ3) is 2.92. The van der Waals surface area contributed by atoms with Gasteiger partial charge < -0.3 is 15.0 Å². The molecule has 1 N–H and O–H groups in total. The molecule has 2 atom stereocenters. The Labute approximate surface area is 92.0 Å². The summed E-state index contributed by atoms with van der Waals surface area (Å²) in [5, 5.41) is 3.11. The van der Waals surface area contributed by atoms with E-state index < -0.39 is 0 Å². The van der Waals surface area contributed by atoms with Gasteiger partial charge in [-0.2, -0.15) is 0 Å². The van der Waals surface area contributed by atoms with Crippen LogP contribution < -0.4 is 5.32 Å². The number of carbonyl (C=O) groups is 1. The monoisotopic (exact) mass is 214 g/mol. The number of amides is 1. The first kappa shape index (κ1) is 12.5. The molecule has 0 aromatic carbocycles. The van der Waals surface area contributed by atoms with E-state index in [0.717, 1.165) is 6.54 Å². The molecule has 15 heavy (non-hydrogen) atoms. The summed E-state index contributed by atoms with van der Waals surface area (Å²) < 4.78 is 5.30. The molecule has 1 aliphatic rings. The maximum Gasteiger partial charge on any atom is 0.249 e. The molecule has 0 aromatic rings. The maximum atomic E-state index is 11.8. The molecule has 0 radical (unpaired) electrons. The second kappa shape index (κ2) is 5.47. The second-order valence-corrected chi connectivity index (χ2v) is 4.53. The van der Waals surface area contributed by atoms with E-state index in [1.807, 2.05) is 11.9 Å². The van der Waals surface area contributed by atoms with Gasteiger partial charge in [-0.1, -0.05) is 13.8 Å². The molecule has 4 nitrogen and oxygen atoms in total. The van der Waals surface area contributed by atoms with Crippen LogP contribution in [0, 0.1) is 5.92 Å². The fraction of sp³-hybridized carbons (Fsp3) is 0.909. The van der Waals surface area contributed by atoms with Gasteiger partial charge in [-0.25, -0.2) is 0 Å². The molecule has 1 rings (SSSR count). The van der Waals surface area contributed by atoms with Crippen molar-refractivity contribution >= 4 is 5.91 Å². The third-order valence-electron chi connectivity index (χ3n) is 2.90. The SMILES string of the molecule is CNCC(C)N1C(=O)COCC1C(C)C. The molecule has 0 aromatic heterocycles. The molecule has 1 aliphatic heterocycles. The van der Waals surface area contributed by atoms with E-state index in [-0.39, 0.29) is 24.6 Å². The fourth-order valence-electron chi connectivity index (χ4n) is 2.09. The van der Waals surface area contributed by atoms with E-state index in [1.54, 1.807) is 0 Å². The summed E-state index contributed by atoms with van der Waals surface area (Å²) in [7, 11) is 1.91. The number of carbonyl (C=O) groups excluding carboxylic acids is 1. The highest BCUT2D eigenvalue weighted by Crippen LogP contribution is 2.18. The Morgan fingerprint density at radius 1 is 1.53 bits per heavy atom. The summed E-state index contributed by atoms with van der Waals surface area (Å²) in [6.45, 7) is 8.07. The molecule has 1 heterocycles. The molecule has 0 aliphatic carbocycles. The van der Waals surface area contributed by atoms with Crippen LogP contribution in [0.1, 0.15) is 20.8 Å². The molecule has 4 heteroatoms. The Bertz CT molecular complexity index is 219. The highest BCUT2D eigenvalue weighted by atomic mass is 16.5. The summed E-state index contributed by atoms with van der Waals surface area (Å²) in [5.41, 5.74) is 0. The lowest BCUT2D eigenvalue weighted by Crippen LogP contribution is -2.57. The zero-order valence-electron chi connectivity index (χ0n) is 10.1. The third-order valence-corrected chi connectivity index (χ3v) is 2.90. The minimum atomic E-state index is 0.114. The average Bonchev–Trinajstić information content (AvgIpc) is 2.17. The van der Waals surface area contributed by atoms with Crippen LogP contribution in [0.4, 0.5) is 0 Å². The standard InChI is InChI=1S/C11H22N2O2/c1-8(2)10-6-15-7-11(14)13(10)9(3)5-12-4/h8-10,12H,5-7H2,1-4H3. The van der Waals surface area contributed by atoms with Crippen LogP contribution in [-0.2, 0) is 9.53 Å². The van der Waals surface area contributed by atoms with E-state index in [0.29, 0.717) is 12.5 Å². The lowest BCUT2D eigenvalue weighted by Gasteiger charge is -2.41.